The number of carbonyl (C=O) groups is 3. The standard InChI is InChI=1S/C33H40N4O5S/c1-5-41-31(39)26-17-12-18-34-29(26)43-23-27(35-32(40)42-33(2,3)4)30(38)37-21-19-36(20-22-37)28(24-13-8-6-9-14-24)25-15-10-7-11-16-25/h6-18,27-28H,5,19-23H2,1-4H3,(H,35,40). The molecule has 10 heteroatoms. The van der Waals surface area contributed by atoms with E-state index in [2.05, 4.69) is 39.5 Å². The lowest BCUT2D eigenvalue weighted by Gasteiger charge is -2.40. The molecule has 0 saturated carbocycles. The molecule has 2 amide bonds. The van der Waals surface area contributed by atoms with Gasteiger partial charge in [-0.3, -0.25) is 9.69 Å². The molecule has 0 bridgehead atoms. The van der Waals surface area contributed by atoms with E-state index >= 15 is 0 Å². The van der Waals surface area contributed by atoms with E-state index in [0.717, 1.165) is 0 Å². The average Bonchev–Trinajstić information content (AvgIpc) is 3.00. The fraction of sp³-hybridized carbons (Fsp3) is 0.394. The molecule has 3 aromatic rings. The number of esters is 1. The minimum atomic E-state index is -0.887. The van der Waals surface area contributed by atoms with Gasteiger partial charge in [-0.25, -0.2) is 14.6 Å². The Morgan fingerprint density at radius 1 is 0.907 bits per heavy atom. The van der Waals surface area contributed by atoms with Crippen LogP contribution >= 0.6 is 11.8 Å². The second kappa shape index (κ2) is 15.0. The number of pyridine rings is 1. The van der Waals surface area contributed by atoms with Crippen LogP contribution in [0.4, 0.5) is 4.79 Å². The van der Waals surface area contributed by atoms with Crippen molar-refractivity contribution >= 4 is 29.7 Å². The first-order chi connectivity index (χ1) is 20.7. The topological polar surface area (TPSA) is 101 Å². The largest absolute Gasteiger partial charge is 0.462 e. The number of alkyl carbamates (subject to hydrolysis) is 1. The normalized spacial score (nSPS) is 14.7. The third kappa shape index (κ3) is 9.05. The smallest absolute Gasteiger partial charge is 0.408 e. The van der Waals surface area contributed by atoms with Crippen LogP contribution in [0.1, 0.15) is 55.2 Å². The van der Waals surface area contributed by atoms with Crippen molar-refractivity contribution in [1.29, 1.82) is 0 Å². The van der Waals surface area contributed by atoms with Crippen LogP contribution in [0.15, 0.2) is 84.0 Å². The number of aromatic nitrogens is 1. The fourth-order valence-electron chi connectivity index (χ4n) is 4.96. The highest BCUT2D eigenvalue weighted by Gasteiger charge is 2.33. The third-order valence-electron chi connectivity index (χ3n) is 6.86. The van der Waals surface area contributed by atoms with Gasteiger partial charge in [-0.1, -0.05) is 60.7 Å². The number of thioether (sulfide) groups is 1. The molecular formula is C33H40N4O5S. The highest BCUT2D eigenvalue weighted by Crippen LogP contribution is 2.30. The van der Waals surface area contributed by atoms with Crippen molar-refractivity contribution in [3.05, 3.63) is 95.7 Å². The molecule has 1 aliphatic heterocycles. The number of hydrogen-bond donors (Lipinski definition) is 1. The summed E-state index contributed by atoms with van der Waals surface area (Å²) < 4.78 is 10.6. The van der Waals surface area contributed by atoms with Crippen LogP contribution in [-0.4, -0.2) is 82.9 Å². The first-order valence-electron chi connectivity index (χ1n) is 14.5. The van der Waals surface area contributed by atoms with Crippen molar-refractivity contribution in [2.24, 2.45) is 0 Å². The van der Waals surface area contributed by atoms with Crippen LogP contribution in [0.3, 0.4) is 0 Å². The van der Waals surface area contributed by atoms with Crippen LogP contribution < -0.4 is 5.32 Å². The van der Waals surface area contributed by atoms with E-state index in [9.17, 15) is 14.4 Å². The summed E-state index contributed by atoms with van der Waals surface area (Å²) in [6.07, 6.45) is 0.906. The summed E-state index contributed by atoms with van der Waals surface area (Å²) in [5, 5.41) is 3.20. The number of nitrogens with zero attached hydrogens (tertiary/aromatic N) is 3. The van der Waals surface area contributed by atoms with Gasteiger partial charge >= 0.3 is 12.1 Å². The second-order valence-corrected chi connectivity index (χ2v) is 12.2. The molecule has 9 nitrogen and oxygen atoms in total. The maximum absolute atomic E-state index is 13.9. The summed E-state index contributed by atoms with van der Waals surface area (Å²) in [7, 11) is 0. The Labute approximate surface area is 258 Å². The van der Waals surface area contributed by atoms with E-state index in [1.165, 1.54) is 22.9 Å². The number of nitrogens with one attached hydrogen (secondary N) is 1. The maximum Gasteiger partial charge on any atom is 0.408 e. The van der Waals surface area contributed by atoms with Crippen molar-refractivity contribution in [2.45, 2.75) is 50.4 Å². The number of amides is 2. The van der Waals surface area contributed by atoms with Gasteiger partial charge in [-0.2, -0.15) is 0 Å². The molecule has 1 aromatic heterocycles. The Balaban J connectivity index is 1.49. The SMILES string of the molecule is CCOC(=O)c1cccnc1SCC(NC(=O)OC(C)(C)C)C(=O)N1CCN(C(c2ccccc2)c2ccccc2)CC1. The Hall–Kier alpha value is -3.89. The van der Waals surface area contributed by atoms with Gasteiger partial charge in [0.15, 0.2) is 0 Å². The van der Waals surface area contributed by atoms with Gasteiger partial charge in [-0.15, -0.1) is 11.8 Å². The predicted octanol–water partition coefficient (Wildman–Crippen LogP) is 5.18. The molecule has 0 spiro atoms. The Bertz CT molecular complexity index is 1320. The summed E-state index contributed by atoms with van der Waals surface area (Å²) in [6, 6.07) is 23.2. The van der Waals surface area contributed by atoms with Crippen molar-refractivity contribution in [3.8, 4) is 0 Å². The van der Waals surface area contributed by atoms with E-state index in [1.807, 2.05) is 36.4 Å². The summed E-state index contributed by atoms with van der Waals surface area (Å²) in [4.78, 5) is 47.6. The predicted molar refractivity (Wildman–Crippen MR) is 167 cm³/mol. The number of rotatable bonds is 10. The minimum Gasteiger partial charge on any atom is -0.462 e. The van der Waals surface area contributed by atoms with E-state index < -0.39 is 23.7 Å². The molecule has 1 fully saturated rings. The quantitative estimate of drug-likeness (QED) is 0.250. The summed E-state index contributed by atoms with van der Waals surface area (Å²) >= 11 is 1.22. The van der Waals surface area contributed by atoms with Crippen molar-refractivity contribution in [2.75, 3.05) is 38.5 Å². The zero-order chi connectivity index (χ0) is 30.8. The van der Waals surface area contributed by atoms with Gasteiger partial charge in [0.25, 0.3) is 0 Å². The number of hydrogen-bond acceptors (Lipinski definition) is 8. The van der Waals surface area contributed by atoms with Crippen molar-refractivity contribution in [3.63, 3.8) is 0 Å². The Morgan fingerprint density at radius 3 is 2.07 bits per heavy atom. The lowest BCUT2D eigenvalue weighted by molar-refractivity contribution is -0.134. The van der Waals surface area contributed by atoms with E-state index in [-0.39, 0.29) is 24.3 Å². The van der Waals surface area contributed by atoms with E-state index in [1.54, 1.807) is 50.9 Å². The van der Waals surface area contributed by atoms with Gasteiger partial charge in [0, 0.05) is 38.1 Å². The molecule has 2 aromatic carbocycles. The molecule has 2 heterocycles. The molecule has 0 aliphatic carbocycles. The van der Waals surface area contributed by atoms with E-state index in [0.29, 0.717) is 36.8 Å². The molecule has 0 radical (unpaired) electrons. The monoisotopic (exact) mass is 604 g/mol. The van der Waals surface area contributed by atoms with Gasteiger partial charge in [0.2, 0.25) is 5.91 Å². The van der Waals surface area contributed by atoms with E-state index in [4.69, 9.17) is 9.47 Å². The molecule has 228 valence electrons. The Morgan fingerprint density at radius 2 is 1.51 bits per heavy atom. The van der Waals surface area contributed by atoms with Crippen LogP contribution in [0.5, 0.6) is 0 Å². The van der Waals surface area contributed by atoms with Crippen LogP contribution in [-0.2, 0) is 14.3 Å². The summed E-state index contributed by atoms with van der Waals surface area (Å²) in [5.41, 5.74) is 1.99. The molecule has 1 atom stereocenters. The molecule has 1 unspecified atom stereocenters. The number of carbonyl (C=O) groups excluding carboxylic acids is 3. The van der Waals surface area contributed by atoms with Crippen LogP contribution in [0.25, 0.3) is 0 Å². The first-order valence-corrected chi connectivity index (χ1v) is 15.5. The number of piperazine rings is 1. The highest BCUT2D eigenvalue weighted by molar-refractivity contribution is 7.99. The summed E-state index contributed by atoms with van der Waals surface area (Å²) in [6.45, 7) is 9.63. The molecule has 4 rings (SSSR count). The molecule has 1 N–H and O–H groups in total. The molecular weight excluding hydrogens is 564 g/mol. The fourth-order valence-corrected chi connectivity index (χ4v) is 5.96. The van der Waals surface area contributed by atoms with Gasteiger partial charge in [-0.05, 0) is 51.0 Å². The lowest BCUT2D eigenvalue weighted by atomic mass is 9.96. The molecule has 1 aliphatic rings. The van der Waals surface area contributed by atoms with Crippen LogP contribution in [0, 0.1) is 0 Å². The van der Waals surface area contributed by atoms with Crippen LogP contribution in [0.2, 0.25) is 0 Å². The maximum atomic E-state index is 13.9. The number of ether oxygens (including phenoxy) is 2. The number of benzene rings is 2. The average molecular weight is 605 g/mol. The highest BCUT2D eigenvalue weighted by atomic mass is 32.2. The lowest BCUT2D eigenvalue weighted by Crippen LogP contribution is -2.56. The van der Waals surface area contributed by atoms with Gasteiger partial charge < -0.3 is 19.7 Å². The zero-order valence-corrected chi connectivity index (χ0v) is 26.0. The minimum absolute atomic E-state index is 0.0661. The first kappa shape index (κ1) is 32.0. The zero-order valence-electron chi connectivity index (χ0n) is 25.2. The second-order valence-electron chi connectivity index (χ2n) is 11.2. The van der Waals surface area contributed by atoms with Gasteiger partial charge in [0.05, 0.1) is 18.2 Å². The molecule has 43 heavy (non-hydrogen) atoms. The van der Waals surface area contributed by atoms with Crippen molar-refractivity contribution in [1.82, 2.24) is 20.1 Å². The molecule has 1 saturated heterocycles. The summed E-state index contributed by atoms with van der Waals surface area (Å²) in [5.74, 6) is -0.524. The Kier molecular flexibility index (Phi) is 11.2. The third-order valence-corrected chi connectivity index (χ3v) is 7.96. The van der Waals surface area contributed by atoms with Crippen molar-refractivity contribution < 1.29 is 23.9 Å². The van der Waals surface area contributed by atoms with Gasteiger partial charge in [0.1, 0.15) is 16.7 Å².